The van der Waals surface area contributed by atoms with Gasteiger partial charge in [-0.15, -0.1) is 23.2 Å². The molecule has 14 heteroatoms. The van der Waals surface area contributed by atoms with Gasteiger partial charge in [0.25, 0.3) is 0 Å². The van der Waals surface area contributed by atoms with Gasteiger partial charge >= 0.3 is 12.1 Å². The van der Waals surface area contributed by atoms with E-state index in [1.165, 1.54) is 20.8 Å². The van der Waals surface area contributed by atoms with Crippen LogP contribution < -0.4 is 16.0 Å². The number of hydrogen-bond acceptors (Lipinski definition) is 5. The van der Waals surface area contributed by atoms with E-state index in [1.807, 2.05) is 6.07 Å². The predicted molar refractivity (Wildman–Crippen MR) is 118 cm³/mol. The number of carbonyl (C=O) groups excluding carboxylic acids is 4. The first-order chi connectivity index (χ1) is 16.0. The van der Waals surface area contributed by atoms with Crippen molar-refractivity contribution in [1.29, 1.82) is 5.26 Å². The van der Waals surface area contributed by atoms with Crippen molar-refractivity contribution in [3.63, 3.8) is 0 Å². The summed E-state index contributed by atoms with van der Waals surface area (Å²) in [6.07, 6.45) is -4.64. The van der Waals surface area contributed by atoms with Crippen LogP contribution in [0.25, 0.3) is 0 Å². The highest BCUT2D eigenvalue weighted by Gasteiger charge is 2.74. The summed E-state index contributed by atoms with van der Waals surface area (Å²) in [6.45, 7) is 4.78. The van der Waals surface area contributed by atoms with Gasteiger partial charge in [0.2, 0.25) is 17.7 Å². The van der Waals surface area contributed by atoms with E-state index < -0.39 is 69.5 Å². The first-order valence-electron chi connectivity index (χ1n) is 11.0. The molecule has 1 aliphatic carbocycles. The molecule has 35 heavy (non-hydrogen) atoms. The number of piperidine rings is 1. The fourth-order valence-corrected chi connectivity index (χ4v) is 5.54. The van der Waals surface area contributed by atoms with Crippen LogP contribution in [0, 0.1) is 34.5 Å². The van der Waals surface area contributed by atoms with E-state index >= 15 is 0 Å². The summed E-state index contributed by atoms with van der Waals surface area (Å²) in [5, 5.41) is 16.4. The lowest BCUT2D eigenvalue weighted by atomic mass is 9.85. The summed E-state index contributed by atoms with van der Waals surface area (Å²) >= 11 is 12.5. The van der Waals surface area contributed by atoms with E-state index in [0.29, 0.717) is 13.0 Å². The van der Waals surface area contributed by atoms with Crippen LogP contribution in [0.1, 0.15) is 33.6 Å². The van der Waals surface area contributed by atoms with Crippen LogP contribution in [0.2, 0.25) is 0 Å². The molecule has 0 aromatic heterocycles. The summed E-state index contributed by atoms with van der Waals surface area (Å²) in [5.41, 5.74) is -1.13. The number of alkyl halides is 5. The summed E-state index contributed by atoms with van der Waals surface area (Å²) in [4.78, 5) is 51.1. The zero-order chi connectivity index (χ0) is 26.5. The molecule has 194 valence electrons. The lowest BCUT2D eigenvalue weighted by Crippen LogP contribution is -2.61. The summed E-state index contributed by atoms with van der Waals surface area (Å²) in [7, 11) is 0. The van der Waals surface area contributed by atoms with Crippen LogP contribution in [-0.2, 0) is 19.2 Å². The largest absolute Gasteiger partial charge is 0.471 e. The molecule has 3 fully saturated rings. The average Bonchev–Trinajstić information content (AvgIpc) is 3.10. The summed E-state index contributed by atoms with van der Waals surface area (Å²) in [5.74, 6) is -5.83. The molecular formula is C21H26Cl2F3N5O4. The third-order valence-electron chi connectivity index (χ3n) is 6.69. The molecule has 4 amide bonds. The molecule has 0 aromatic rings. The molecule has 2 aliphatic heterocycles. The van der Waals surface area contributed by atoms with Gasteiger partial charge in [0.05, 0.1) is 6.07 Å². The smallest absolute Gasteiger partial charge is 0.356 e. The van der Waals surface area contributed by atoms with Crippen molar-refractivity contribution in [3.05, 3.63) is 0 Å². The molecule has 3 rings (SSSR count). The van der Waals surface area contributed by atoms with Gasteiger partial charge < -0.3 is 20.9 Å². The zero-order valence-corrected chi connectivity index (χ0v) is 20.7. The second-order valence-corrected chi connectivity index (χ2v) is 11.7. The molecule has 1 saturated carbocycles. The van der Waals surface area contributed by atoms with E-state index in [4.69, 9.17) is 23.2 Å². The van der Waals surface area contributed by atoms with Crippen LogP contribution in [0.3, 0.4) is 0 Å². The minimum atomic E-state index is -5.21. The second kappa shape index (κ2) is 9.32. The maximum absolute atomic E-state index is 13.4. The van der Waals surface area contributed by atoms with E-state index in [-0.39, 0.29) is 18.9 Å². The number of nitrogens with one attached hydrogen (secondary N) is 3. The molecule has 0 bridgehead atoms. The van der Waals surface area contributed by atoms with Gasteiger partial charge in [-0.3, -0.25) is 19.2 Å². The highest BCUT2D eigenvalue weighted by Crippen LogP contribution is 2.65. The van der Waals surface area contributed by atoms with Crippen molar-refractivity contribution in [2.24, 2.45) is 23.2 Å². The van der Waals surface area contributed by atoms with Crippen molar-refractivity contribution in [3.8, 4) is 6.07 Å². The minimum Gasteiger partial charge on any atom is -0.356 e. The predicted octanol–water partition coefficient (Wildman–Crippen LogP) is 1.24. The Bertz CT molecular complexity index is 962. The third-order valence-corrected chi connectivity index (χ3v) is 7.75. The Morgan fingerprint density at radius 3 is 2.37 bits per heavy atom. The molecule has 3 N–H and O–H groups in total. The first-order valence-corrected chi connectivity index (χ1v) is 11.8. The number of amides is 4. The highest BCUT2D eigenvalue weighted by molar-refractivity contribution is 6.51. The normalized spacial score (nSPS) is 28.9. The number of hydrogen-bond donors (Lipinski definition) is 3. The van der Waals surface area contributed by atoms with Gasteiger partial charge in [-0.25, -0.2) is 0 Å². The molecule has 9 nitrogen and oxygen atoms in total. The first kappa shape index (κ1) is 27.3. The van der Waals surface area contributed by atoms with Crippen LogP contribution in [0.15, 0.2) is 0 Å². The number of halogens is 5. The summed E-state index contributed by atoms with van der Waals surface area (Å²) < 4.78 is 37.4. The second-order valence-electron chi connectivity index (χ2n) is 10.2. The lowest BCUT2D eigenvalue weighted by molar-refractivity contribution is -0.176. The monoisotopic (exact) mass is 539 g/mol. The molecule has 0 aromatic carbocycles. The Balaban J connectivity index is 1.81. The van der Waals surface area contributed by atoms with Crippen LogP contribution >= 0.6 is 23.2 Å². The van der Waals surface area contributed by atoms with Crippen molar-refractivity contribution in [2.75, 3.05) is 13.1 Å². The van der Waals surface area contributed by atoms with Crippen molar-refractivity contribution >= 4 is 46.8 Å². The fraction of sp³-hybridized carbons (Fsp3) is 0.762. The van der Waals surface area contributed by atoms with Crippen LogP contribution in [0.5, 0.6) is 0 Å². The van der Waals surface area contributed by atoms with Crippen molar-refractivity contribution in [2.45, 2.75) is 62.2 Å². The molecule has 0 spiro atoms. The lowest BCUT2D eigenvalue weighted by Gasteiger charge is -2.37. The molecule has 2 heterocycles. The Hall–Kier alpha value is -2.26. The Morgan fingerprint density at radius 1 is 1.26 bits per heavy atom. The molecule has 1 unspecified atom stereocenters. The number of nitriles is 1. The van der Waals surface area contributed by atoms with E-state index in [1.54, 1.807) is 5.32 Å². The number of fused-ring (bicyclic) bond motifs is 1. The molecule has 2 saturated heterocycles. The quantitative estimate of drug-likeness (QED) is 0.437. The van der Waals surface area contributed by atoms with Crippen molar-refractivity contribution in [1.82, 2.24) is 20.9 Å². The van der Waals surface area contributed by atoms with Gasteiger partial charge in [-0.2, -0.15) is 18.4 Å². The SMILES string of the molecule is CC(C)(C)C(NC(=O)C(F)(F)F)C(=O)N1C[C@H]2[C@@H]([C@H]1C(=O)N[C@H](C#N)C[C@@H]1CCNC1=O)C2(Cl)Cl. The Kier molecular flexibility index (Phi) is 7.27. The van der Waals surface area contributed by atoms with Crippen LogP contribution in [-0.4, -0.2) is 70.3 Å². The molecule has 0 radical (unpaired) electrons. The standard InChI is InChI=1S/C21H26Cl2F3N5O4/c1-19(2,3)14(30-18(35)21(24,25)26)17(34)31-8-11-12(20(11,22)23)13(31)16(33)29-10(7-27)6-9-4-5-28-15(9)32/h9-14H,4-6,8H2,1-3H3,(H,28,32)(H,29,33)(H,30,35)/t9-,10-,11-,12-,13-,14?/m0/s1. The van der Waals surface area contributed by atoms with Gasteiger partial charge in [0, 0.05) is 30.8 Å². The van der Waals surface area contributed by atoms with Gasteiger partial charge in [-0.1, -0.05) is 20.8 Å². The van der Waals surface area contributed by atoms with Gasteiger partial charge in [0.15, 0.2) is 0 Å². The van der Waals surface area contributed by atoms with Gasteiger partial charge in [0.1, 0.15) is 22.5 Å². The Labute approximate surface area is 210 Å². The average molecular weight is 540 g/mol. The maximum atomic E-state index is 13.4. The van der Waals surface area contributed by atoms with E-state index in [9.17, 15) is 37.6 Å². The summed E-state index contributed by atoms with van der Waals surface area (Å²) in [6, 6.07) is -1.98. The minimum absolute atomic E-state index is 0.0575. The molecule has 3 aliphatic rings. The Morgan fingerprint density at radius 2 is 1.89 bits per heavy atom. The number of carbonyl (C=O) groups is 4. The number of nitrogens with zero attached hydrogens (tertiary/aromatic N) is 2. The van der Waals surface area contributed by atoms with E-state index in [2.05, 4.69) is 10.6 Å². The number of likely N-dealkylation sites (tertiary alicyclic amines) is 1. The third kappa shape index (κ3) is 5.45. The molecule has 6 atom stereocenters. The highest BCUT2D eigenvalue weighted by atomic mass is 35.5. The topological polar surface area (TPSA) is 131 Å². The molecular weight excluding hydrogens is 514 g/mol. The number of rotatable bonds is 6. The maximum Gasteiger partial charge on any atom is 0.471 e. The zero-order valence-electron chi connectivity index (χ0n) is 19.2. The van der Waals surface area contributed by atoms with E-state index in [0.717, 1.165) is 4.90 Å². The van der Waals surface area contributed by atoms with Crippen LogP contribution in [0.4, 0.5) is 13.2 Å². The fourth-order valence-electron chi connectivity index (χ4n) is 4.72. The van der Waals surface area contributed by atoms with Gasteiger partial charge in [-0.05, 0) is 18.3 Å². The van der Waals surface area contributed by atoms with Crippen molar-refractivity contribution < 1.29 is 32.3 Å².